The largest absolute Gasteiger partial charge is 0.416 e. The molecule has 13 heteroatoms. The molecule has 0 aliphatic carbocycles. The van der Waals surface area contributed by atoms with Gasteiger partial charge in [0.15, 0.2) is 5.82 Å². The summed E-state index contributed by atoms with van der Waals surface area (Å²) in [5, 5.41) is 11.1. The lowest BCUT2D eigenvalue weighted by Crippen LogP contribution is -2.04. The summed E-state index contributed by atoms with van der Waals surface area (Å²) in [5.74, 6) is -0.931. The van der Waals surface area contributed by atoms with Crippen LogP contribution in [0.2, 0.25) is 10.2 Å². The van der Waals surface area contributed by atoms with Gasteiger partial charge in [0, 0.05) is 0 Å². The number of hydrogen-bond acceptors (Lipinski definition) is 7. The molecular weight excluding hydrogens is 509 g/mol. The minimum atomic E-state index is -4.43. The van der Waals surface area contributed by atoms with Crippen LogP contribution in [0.15, 0.2) is 71.0 Å². The fraction of sp³-hybridized carbons (Fsp3) is 0.0909. The predicted octanol–water partition coefficient (Wildman–Crippen LogP) is 7.43. The average molecular weight is 522 g/mol. The summed E-state index contributed by atoms with van der Waals surface area (Å²) in [5.41, 5.74) is 0.139. The van der Waals surface area contributed by atoms with Crippen molar-refractivity contribution >= 4 is 40.8 Å². The smallest absolute Gasteiger partial charge is 0.323 e. The third-order valence-electron chi connectivity index (χ3n) is 4.49. The zero-order chi connectivity index (χ0) is 25.0. The first-order valence-corrected chi connectivity index (χ1v) is 10.6. The Balaban J connectivity index is 1.64. The van der Waals surface area contributed by atoms with Crippen LogP contribution < -0.4 is 5.32 Å². The number of alkyl halides is 3. The number of rotatable bonds is 6. The Morgan fingerprint density at radius 3 is 2.34 bits per heavy atom. The van der Waals surface area contributed by atoms with Gasteiger partial charge in [-0.2, -0.15) is 33.2 Å². The third-order valence-corrected chi connectivity index (χ3v) is 5.03. The Bertz CT molecular complexity index is 1340. The van der Waals surface area contributed by atoms with Crippen LogP contribution in [0.4, 0.5) is 35.1 Å². The molecule has 4 rings (SSSR count). The maximum atomic E-state index is 14.5. The molecule has 4 aromatic rings. The molecule has 0 saturated carbocycles. The quantitative estimate of drug-likeness (QED) is 0.162. The van der Waals surface area contributed by atoms with E-state index < -0.39 is 17.6 Å². The van der Waals surface area contributed by atoms with Gasteiger partial charge in [0.1, 0.15) is 11.0 Å². The molecule has 0 saturated heterocycles. The number of hydrogen-bond donors (Lipinski definition) is 1. The molecule has 0 radical (unpaired) electrons. The van der Waals surface area contributed by atoms with E-state index in [1.54, 1.807) is 12.1 Å². The molecule has 1 N–H and O–H groups in total. The van der Waals surface area contributed by atoms with Crippen LogP contribution in [0.1, 0.15) is 11.1 Å². The standard InChI is InChI=1S/C22H13Cl2F4N7/c23-15-2-1-3-16(25)18(15)19-32-20(31-14-8-9-17(24)29-11-14)34-21(33-19)35-30-10-12-4-6-13(7-5-12)22(26,27)28/h1-9,11H,10H2,(H,31,32,33,34). The van der Waals surface area contributed by atoms with E-state index in [-0.39, 0.29) is 40.0 Å². The van der Waals surface area contributed by atoms with Gasteiger partial charge in [-0.3, -0.25) is 0 Å². The van der Waals surface area contributed by atoms with Gasteiger partial charge in [-0.1, -0.05) is 41.4 Å². The number of azo groups is 1. The Morgan fingerprint density at radius 2 is 1.69 bits per heavy atom. The molecule has 178 valence electrons. The van der Waals surface area contributed by atoms with E-state index in [9.17, 15) is 17.6 Å². The van der Waals surface area contributed by atoms with Gasteiger partial charge in [0.05, 0.1) is 34.6 Å². The van der Waals surface area contributed by atoms with E-state index >= 15 is 0 Å². The molecule has 0 atom stereocenters. The highest BCUT2D eigenvalue weighted by Gasteiger charge is 2.29. The van der Waals surface area contributed by atoms with Crippen molar-refractivity contribution in [2.45, 2.75) is 12.7 Å². The van der Waals surface area contributed by atoms with E-state index in [4.69, 9.17) is 23.2 Å². The summed E-state index contributed by atoms with van der Waals surface area (Å²) in [6.45, 7) is -0.0382. The van der Waals surface area contributed by atoms with E-state index in [1.807, 2.05) is 0 Å². The first-order valence-electron chi connectivity index (χ1n) is 9.82. The van der Waals surface area contributed by atoms with E-state index in [2.05, 4.69) is 35.5 Å². The van der Waals surface area contributed by atoms with Gasteiger partial charge < -0.3 is 5.32 Å². The fourth-order valence-corrected chi connectivity index (χ4v) is 3.21. The molecule has 0 spiro atoms. The fourth-order valence-electron chi connectivity index (χ4n) is 2.85. The first-order chi connectivity index (χ1) is 16.7. The Morgan fingerprint density at radius 1 is 0.914 bits per heavy atom. The second-order valence-electron chi connectivity index (χ2n) is 6.97. The number of halogens is 6. The van der Waals surface area contributed by atoms with Crippen molar-refractivity contribution in [2.24, 2.45) is 10.2 Å². The van der Waals surface area contributed by atoms with Gasteiger partial charge >= 0.3 is 6.18 Å². The summed E-state index contributed by atoms with van der Waals surface area (Å²) >= 11 is 12.0. The highest BCUT2D eigenvalue weighted by molar-refractivity contribution is 6.33. The minimum Gasteiger partial charge on any atom is -0.323 e. The van der Waals surface area contributed by atoms with E-state index in [1.165, 1.54) is 36.5 Å². The van der Waals surface area contributed by atoms with Crippen LogP contribution >= 0.6 is 23.2 Å². The Labute approximate surface area is 205 Å². The van der Waals surface area contributed by atoms with Crippen molar-refractivity contribution in [1.82, 2.24) is 19.9 Å². The molecule has 2 heterocycles. The predicted molar refractivity (Wildman–Crippen MR) is 122 cm³/mol. The van der Waals surface area contributed by atoms with Crippen LogP contribution in [0.3, 0.4) is 0 Å². The average Bonchev–Trinajstić information content (AvgIpc) is 2.80. The van der Waals surface area contributed by atoms with E-state index in [0.29, 0.717) is 11.3 Å². The SMILES string of the molecule is Fc1cccc(Cl)c1-c1nc(N=NCc2ccc(C(F)(F)F)cc2)nc(Nc2ccc(Cl)nc2)n1. The molecule has 0 aliphatic rings. The lowest BCUT2D eigenvalue weighted by Gasteiger charge is -2.09. The molecule has 0 unspecified atom stereocenters. The number of aromatic nitrogens is 4. The zero-order valence-electron chi connectivity index (χ0n) is 17.4. The number of nitrogens with one attached hydrogen (secondary N) is 1. The van der Waals surface area contributed by atoms with Crippen molar-refractivity contribution in [2.75, 3.05) is 5.32 Å². The number of anilines is 2. The van der Waals surface area contributed by atoms with Crippen molar-refractivity contribution in [3.63, 3.8) is 0 Å². The molecule has 0 amide bonds. The van der Waals surface area contributed by atoms with E-state index in [0.717, 1.165) is 12.1 Å². The minimum absolute atomic E-state index is 0.00178. The summed E-state index contributed by atoms with van der Waals surface area (Å²) < 4.78 is 52.7. The van der Waals surface area contributed by atoms with Crippen molar-refractivity contribution in [1.29, 1.82) is 0 Å². The van der Waals surface area contributed by atoms with Crippen molar-refractivity contribution in [3.05, 3.63) is 87.9 Å². The molecule has 7 nitrogen and oxygen atoms in total. The second kappa shape index (κ2) is 10.3. The Hall–Kier alpha value is -3.70. The molecule has 0 bridgehead atoms. The molecule has 35 heavy (non-hydrogen) atoms. The van der Waals surface area contributed by atoms with Gasteiger partial charge in [0.2, 0.25) is 5.95 Å². The monoisotopic (exact) mass is 521 g/mol. The van der Waals surface area contributed by atoms with Crippen molar-refractivity contribution < 1.29 is 17.6 Å². The van der Waals surface area contributed by atoms with Crippen LogP contribution in [-0.2, 0) is 12.7 Å². The van der Waals surface area contributed by atoms with Gasteiger partial charge in [-0.15, -0.1) is 5.11 Å². The van der Waals surface area contributed by atoms with Gasteiger partial charge in [-0.25, -0.2) is 9.37 Å². The third kappa shape index (κ3) is 6.25. The molecule has 0 fully saturated rings. The summed E-state index contributed by atoms with van der Waals surface area (Å²) in [4.78, 5) is 16.4. The van der Waals surface area contributed by atoms with Crippen LogP contribution in [-0.4, -0.2) is 19.9 Å². The summed E-state index contributed by atoms with van der Waals surface area (Å²) in [6.07, 6.45) is -2.99. The summed E-state index contributed by atoms with van der Waals surface area (Å²) in [6, 6.07) is 11.8. The maximum Gasteiger partial charge on any atom is 0.416 e. The lowest BCUT2D eigenvalue weighted by atomic mass is 10.1. The van der Waals surface area contributed by atoms with Gasteiger partial charge in [-0.05, 0) is 42.0 Å². The maximum absolute atomic E-state index is 14.5. The van der Waals surface area contributed by atoms with Crippen molar-refractivity contribution in [3.8, 4) is 11.4 Å². The van der Waals surface area contributed by atoms with Crippen LogP contribution in [0, 0.1) is 5.82 Å². The highest BCUT2D eigenvalue weighted by atomic mass is 35.5. The van der Waals surface area contributed by atoms with Crippen LogP contribution in [0.25, 0.3) is 11.4 Å². The molecule has 2 aromatic carbocycles. The molecule has 0 aliphatic heterocycles. The second-order valence-corrected chi connectivity index (χ2v) is 7.76. The normalized spacial score (nSPS) is 11.7. The first kappa shape index (κ1) is 24.4. The van der Waals surface area contributed by atoms with Gasteiger partial charge in [0.25, 0.3) is 5.95 Å². The topological polar surface area (TPSA) is 88.3 Å². The molecule has 2 aromatic heterocycles. The number of nitrogens with zero attached hydrogens (tertiary/aromatic N) is 6. The summed E-state index contributed by atoms with van der Waals surface area (Å²) in [7, 11) is 0. The zero-order valence-corrected chi connectivity index (χ0v) is 18.9. The Kier molecular flexibility index (Phi) is 7.17. The highest BCUT2D eigenvalue weighted by Crippen LogP contribution is 2.31. The van der Waals surface area contributed by atoms with Crippen LogP contribution in [0.5, 0.6) is 0 Å². The molecular formula is C22H13Cl2F4N7. The number of benzene rings is 2. The lowest BCUT2D eigenvalue weighted by molar-refractivity contribution is -0.137. The number of pyridine rings is 1.